The van der Waals surface area contributed by atoms with Crippen molar-refractivity contribution in [2.45, 2.75) is 64.2 Å². The van der Waals surface area contributed by atoms with Crippen molar-refractivity contribution in [1.82, 2.24) is 0 Å². The van der Waals surface area contributed by atoms with Gasteiger partial charge in [-0.2, -0.15) is 4.39 Å². The maximum absolute atomic E-state index is 15.1. The van der Waals surface area contributed by atoms with Gasteiger partial charge in [0.05, 0.1) is 6.61 Å². The molecule has 1 saturated carbocycles. The molecule has 0 spiro atoms. The van der Waals surface area contributed by atoms with E-state index < -0.39 is 40.5 Å². The van der Waals surface area contributed by atoms with Gasteiger partial charge in [-0.1, -0.05) is 37.6 Å². The summed E-state index contributed by atoms with van der Waals surface area (Å²) in [4.78, 5) is 0. The van der Waals surface area contributed by atoms with Gasteiger partial charge in [-0.05, 0) is 79.7 Å². The Hall–Kier alpha value is -2.96. The third-order valence-corrected chi connectivity index (χ3v) is 7.07. The second-order valence-electron chi connectivity index (χ2n) is 9.24. The number of halogens is 6. The number of ether oxygens (including phenoxy) is 1. The molecule has 1 fully saturated rings. The highest BCUT2D eigenvalue weighted by atomic mass is 19.2. The van der Waals surface area contributed by atoms with Gasteiger partial charge in [0.15, 0.2) is 34.8 Å². The second-order valence-corrected chi connectivity index (χ2v) is 9.24. The average molecular weight is 507 g/mol. The molecule has 1 aliphatic carbocycles. The Balaban J connectivity index is 1.53. The molecular weight excluding hydrogens is 478 g/mol. The van der Waals surface area contributed by atoms with Crippen molar-refractivity contribution >= 4 is 0 Å². The summed E-state index contributed by atoms with van der Waals surface area (Å²) in [6.07, 6.45) is 3.09. The first kappa shape index (κ1) is 26.1. The lowest BCUT2D eigenvalue weighted by atomic mass is 9.75. The van der Waals surface area contributed by atoms with Crippen molar-refractivity contribution in [2.75, 3.05) is 6.61 Å². The molecule has 3 aromatic carbocycles. The monoisotopic (exact) mass is 506 g/mol. The molecule has 3 aromatic rings. The number of hydrogen-bond acceptors (Lipinski definition) is 1. The zero-order chi connectivity index (χ0) is 26.0. The lowest BCUT2D eigenvalue weighted by molar-refractivity contribution is 0.314. The van der Waals surface area contributed by atoms with Gasteiger partial charge in [0, 0.05) is 11.1 Å². The molecule has 0 heterocycles. The van der Waals surface area contributed by atoms with Crippen molar-refractivity contribution in [2.24, 2.45) is 0 Å². The molecule has 4 rings (SSSR count). The van der Waals surface area contributed by atoms with Crippen LogP contribution in [-0.4, -0.2) is 6.61 Å². The smallest absolute Gasteiger partial charge is 0.201 e. The molecule has 7 heteroatoms. The molecule has 1 aliphatic rings. The fraction of sp³-hybridized carbons (Fsp3) is 0.379. The van der Waals surface area contributed by atoms with Crippen LogP contribution in [0.3, 0.4) is 0 Å². The minimum Gasteiger partial charge on any atom is -0.491 e. The number of aryl methyl sites for hydroxylation is 1. The van der Waals surface area contributed by atoms with Crippen molar-refractivity contribution in [3.05, 3.63) is 88.0 Å². The quantitative estimate of drug-likeness (QED) is 0.291. The molecule has 0 atom stereocenters. The van der Waals surface area contributed by atoms with Crippen LogP contribution in [0.15, 0.2) is 36.4 Å². The Morgan fingerprint density at radius 3 is 1.67 bits per heavy atom. The van der Waals surface area contributed by atoms with Crippen LogP contribution in [0.4, 0.5) is 26.3 Å². The van der Waals surface area contributed by atoms with E-state index in [0.717, 1.165) is 6.07 Å². The van der Waals surface area contributed by atoms with Crippen LogP contribution in [0, 0.1) is 34.9 Å². The van der Waals surface area contributed by atoms with Crippen LogP contribution in [0.2, 0.25) is 0 Å². The summed E-state index contributed by atoms with van der Waals surface area (Å²) < 4.78 is 93.0. The number of benzene rings is 3. The topological polar surface area (TPSA) is 9.23 Å². The van der Waals surface area contributed by atoms with Gasteiger partial charge in [0.25, 0.3) is 0 Å². The summed E-state index contributed by atoms with van der Waals surface area (Å²) in [6.45, 7) is 3.64. The minimum atomic E-state index is -1.31. The third kappa shape index (κ3) is 4.84. The average Bonchev–Trinajstić information content (AvgIpc) is 2.88. The summed E-state index contributed by atoms with van der Waals surface area (Å²) in [5.41, 5.74) is 0.0434. The molecule has 0 N–H and O–H groups in total. The Morgan fingerprint density at radius 1 is 0.611 bits per heavy atom. The predicted molar refractivity (Wildman–Crippen MR) is 127 cm³/mol. The molecule has 0 unspecified atom stereocenters. The van der Waals surface area contributed by atoms with E-state index in [-0.39, 0.29) is 35.3 Å². The van der Waals surface area contributed by atoms with E-state index in [2.05, 4.69) is 0 Å². The largest absolute Gasteiger partial charge is 0.491 e. The van der Waals surface area contributed by atoms with Crippen LogP contribution in [0.1, 0.15) is 74.5 Å². The Morgan fingerprint density at radius 2 is 1.11 bits per heavy atom. The normalized spacial score (nSPS) is 17.9. The van der Waals surface area contributed by atoms with Crippen molar-refractivity contribution in [1.29, 1.82) is 0 Å². The molecule has 0 aliphatic heterocycles. The lowest BCUT2D eigenvalue weighted by Crippen LogP contribution is -2.15. The first-order valence-corrected chi connectivity index (χ1v) is 12.3. The van der Waals surface area contributed by atoms with Gasteiger partial charge in [0.2, 0.25) is 5.82 Å². The molecular formula is C29H28F6O. The molecule has 0 bridgehead atoms. The van der Waals surface area contributed by atoms with E-state index in [1.54, 1.807) is 19.1 Å². The predicted octanol–water partition coefficient (Wildman–Crippen LogP) is 8.98. The lowest BCUT2D eigenvalue weighted by Gasteiger charge is -2.30. The Bertz CT molecular complexity index is 1250. The van der Waals surface area contributed by atoms with Crippen LogP contribution < -0.4 is 4.74 Å². The van der Waals surface area contributed by atoms with Crippen molar-refractivity contribution < 1.29 is 31.1 Å². The van der Waals surface area contributed by atoms with Gasteiger partial charge in [-0.25, -0.2) is 22.0 Å². The minimum absolute atomic E-state index is 0.126. The highest BCUT2D eigenvalue weighted by molar-refractivity contribution is 5.66. The number of rotatable bonds is 7. The van der Waals surface area contributed by atoms with Crippen molar-refractivity contribution in [3.63, 3.8) is 0 Å². The molecule has 1 nitrogen and oxygen atoms in total. The summed E-state index contributed by atoms with van der Waals surface area (Å²) in [7, 11) is 0. The standard InChI is InChI=1S/C29H28F6O/c1-3-5-18-10-11-19(25(31)24(18)30)16-6-8-17(9-7-16)20-12-13-21(27(33)26(20)32)22-14-15-23(36-4-2)29(35)28(22)34/h10-17H,3-9H2,1-2H3. The first-order chi connectivity index (χ1) is 17.3. The zero-order valence-corrected chi connectivity index (χ0v) is 20.2. The van der Waals surface area contributed by atoms with E-state index in [1.165, 1.54) is 18.2 Å². The summed E-state index contributed by atoms with van der Waals surface area (Å²) in [5.74, 6) is -7.39. The fourth-order valence-electron chi connectivity index (χ4n) is 5.19. The van der Waals surface area contributed by atoms with Gasteiger partial charge in [-0.3, -0.25) is 0 Å². The summed E-state index contributed by atoms with van der Waals surface area (Å²) in [5, 5.41) is 0. The molecule has 0 amide bonds. The van der Waals surface area contributed by atoms with Gasteiger partial charge >= 0.3 is 0 Å². The van der Waals surface area contributed by atoms with Gasteiger partial charge in [0.1, 0.15) is 0 Å². The van der Waals surface area contributed by atoms with E-state index >= 15 is 8.78 Å². The van der Waals surface area contributed by atoms with Crippen molar-refractivity contribution in [3.8, 4) is 16.9 Å². The van der Waals surface area contributed by atoms with Gasteiger partial charge in [-0.15, -0.1) is 0 Å². The highest BCUT2D eigenvalue weighted by Gasteiger charge is 2.30. The number of hydrogen-bond donors (Lipinski definition) is 0. The zero-order valence-electron chi connectivity index (χ0n) is 20.2. The maximum Gasteiger partial charge on any atom is 0.201 e. The molecule has 0 saturated heterocycles. The molecule has 0 radical (unpaired) electrons. The second kappa shape index (κ2) is 11.0. The van der Waals surface area contributed by atoms with Gasteiger partial charge < -0.3 is 4.74 Å². The molecule has 192 valence electrons. The molecule has 0 aromatic heterocycles. The van der Waals surface area contributed by atoms with Crippen LogP contribution >= 0.6 is 0 Å². The third-order valence-electron chi connectivity index (χ3n) is 7.07. The van der Waals surface area contributed by atoms with E-state index in [9.17, 15) is 17.6 Å². The van der Waals surface area contributed by atoms with E-state index in [0.29, 0.717) is 49.7 Å². The van der Waals surface area contributed by atoms with Crippen LogP contribution in [0.25, 0.3) is 11.1 Å². The van der Waals surface area contributed by atoms with Crippen LogP contribution in [-0.2, 0) is 6.42 Å². The Labute approximate surface area is 207 Å². The summed E-state index contributed by atoms with van der Waals surface area (Å²) >= 11 is 0. The molecule has 36 heavy (non-hydrogen) atoms. The summed E-state index contributed by atoms with van der Waals surface area (Å²) in [6, 6.07) is 8.24. The highest BCUT2D eigenvalue weighted by Crippen LogP contribution is 2.43. The first-order valence-electron chi connectivity index (χ1n) is 12.3. The maximum atomic E-state index is 15.1. The van der Waals surface area contributed by atoms with E-state index in [1.807, 2.05) is 6.92 Å². The Kier molecular flexibility index (Phi) is 7.96. The SMILES string of the molecule is CCCc1ccc(C2CCC(c3ccc(-c4ccc(OCC)c(F)c4F)c(F)c3F)CC2)c(F)c1F. The fourth-order valence-corrected chi connectivity index (χ4v) is 5.19. The van der Waals surface area contributed by atoms with Crippen LogP contribution in [0.5, 0.6) is 5.75 Å². The van der Waals surface area contributed by atoms with E-state index in [4.69, 9.17) is 4.74 Å².